The molecule has 2 atom stereocenters. The molecule has 19 heavy (non-hydrogen) atoms. The van der Waals surface area contributed by atoms with Crippen LogP contribution < -0.4 is 5.32 Å². The maximum atomic E-state index is 11.9. The van der Waals surface area contributed by atoms with Crippen molar-refractivity contribution in [1.29, 1.82) is 0 Å². The van der Waals surface area contributed by atoms with Crippen molar-refractivity contribution in [2.45, 2.75) is 45.2 Å². The minimum absolute atomic E-state index is 0.152. The molecule has 2 rings (SSSR count). The molecule has 1 aromatic rings. The van der Waals surface area contributed by atoms with Gasteiger partial charge in [0.25, 0.3) is 0 Å². The first-order chi connectivity index (χ1) is 9.29. The molecule has 0 spiro atoms. The van der Waals surface area contributed by atoms with Crippen LogP contribution in [0.5, 0.6) is 0 Å². The van der Waals surface area contributed by atoms with Gasteiger partial charge in [-0.3, -0.25) is 4.79 Å². The molecule has 5 heteroatoms. The summed E-state index contributed by atoms with van der Waals surface area (Å²) >= 11 is 0. The molecule has 2 heterocycles. The maximum Gasteiger partial charge on any atom is 0.220 e. The van der Waals surface area contributed by atoms with Crippen LogP contribution in [-0.2, 0) is 16.1 Å². The molecule has 1 aliphatic rings. The van der Waals surface area contributed by atoms with Gasteiger partial charge in [0.05, 0.1) is 12.9 Å². The van der Waals surface area contributed by atoms with Gasteiger partial charge in [0.2, 0.25) is 5.91 Å². The molecule has 0 unspecified atom stereocenters. The van der Waals surface area contributed by atoms with E-state index < -0.39 is 0 Å². The Labute approximate surface area is 114 Å². The number of rotatable bonds is 7. The second-order valence-corrected chi connectivity index (χ2v) is 5.11. The Morgan fingerprint density at radius 1 is 1.63 bits per heavy atom. The Kier molecular flexibility index (Phi) is 5.39. The van der Waals surface area contributed by atoms with Crippen molar-refractivity contribution >= 4 is 5.91 Å². The van der Waals surface area contributed by atoms with Crippen LogP contribution in [0.2, 0.25) is 0 Å². The van der Waals surface area contributed by atoms with Gasteiger partial charge >= 0.3 is 0 Å². The molecule has 1 aromatic heterocycles. The van der Waals surface area contributed by atoms with Crippen molar-refractivity contribution in [3.05, 3.63) is 18.7 Å². The Hall–Kier alpha value is -1.36. The highest BCUT2D eigenvalue weighted by molar-refractivity contribution is 5.76. The lowest BCUT2D eigenvalue weighted by Gasteiger charge is -2.22. The first-order valence-corrected chi connectivity index (χ1v) is 7.12. The third-order valence-electron chi connectivity index (χ3n) is 3.70. The van der Waals surface area contributed by atoms with Crippen LogP contribution in [-0.4, -0.2) is 34.7 Å². The first kappa shape index (κ1) is 14.1. The summed E-state index contributed by atoms with van der Waals surface area (Å²) in [5.74, 6) is 0.640. The molecule has 1 N–H and O–H groups in total. The topological polar surface area (TPSA) is 56.2 Å². The minimum atomic E-state index is 0.152. The number of ether oxygens (including phenoxy) is 1. The highest BCUT2D eigenvalue weighted by atomic mass is 16.5. The second-order valence-electron chi connectivity index (χ2n) is 5.11. The van der Waals surface area contributed by atoms with E-state index in [1.807, 2.05) is 10.8 Å². The average Bonchev–Trinajstić information content (AvgIpc) is 3.08. The van der Waals surface area contributed by atoms with Crippen LogP contribution in [0.25, 0.3) is 0 Å². The van der Waals surface area contributed by atoms with E-state index in [0.29, 0.717) is 12.3 Å². The molecule has 5 nitrogen and oxygen atoms in total. The van der Waals surface area contributed by atoms with Gasteiger partial charge in [-0.15, -0.1) is 0 Å². The highest BCUT2D eigenvalue weighted by Gasteiger charge is 2.25. The Morgan fingerprint density at radius 3 is 3.16 bits per heavy atom. The summed E-state index contributed by atoms with van der Waals surface area (Å²) in [5, 5.41) is 3.14. The molecule has 1 saturated heterocycles. The summed E-state index contributed by atoms with van der Waals surface area (Å²) in [4.78, 5) is 15.9. The number of imidazole rings is 1. The molecule has 106 valence electrons. The SMILES string of the molecule is CC[C@@H](NC(=O)CCCn1ccnc1)[C@@H]1CCOC1. The van der Waals surface area contributed by atoms with Gasteiger partial charge in [-0.05, 0) is 19.3 Å². The zero-order valence-corrected chi connectivity index (χ0v) is 11.5. The van der Waals surface area contributed by atoms with Crippen molar-refractivity contribution in [3.8, 4) is 0 Å². The van der Waals surface area contributed by atoms with Gasteiger partial charge in [0, 0.05) is 43.9 Å². The van der Waals surface area contributed by atoms with E-state index in [9.17, 15) is 4.79 Å². The number of aryl methyl sites for hydroxylation is 1. The van der Waals surface area contributed by atoms with Crippen LogP contribution in [0.3, 0.4) is 0 Å². The first-order valence-electron chi connectivity index (χ1n) is 7.12. The van der Waals surface area contributed by atoms with Crippen molar-refractivity contribution in [2.75, 3.05) is 13.2 Å². The van der Waals surface area contributed by atoms with Gasteiger partial charge in [0.15, 0.2) is 0 Å². The van der Waals surface area contributed by atoms with Gasteiger partial charge in [-0.2, -0.15) is 0 Å². The third-order valence-corrected chi connectivity index (χ3v) is 3.70. The standard InChI is InChI=1S/C14H23N3O2/c1-2-13(12-5-9-19-10-12)16-14(18)4-3-7-17-8-6-15-11-17/h6,8,11-13H,2-5,7,9-10H2,1H3,(H,16,18)/t12-,13-/m1/s1. The largest absolute Gasteiger partial charge is 0.381 e. The van der Waals surface area contributed by atoms with Crippen molar-refractivity contribution in [3.63, 3.8) is 0 Å². The predicted molar refractivity (Wildman–Crippen MR) is 72.6 cm³/mol. The second kappa shape index (κ2) is 7.28. The molecule has 1 amide bonds. The monoisotopic (exact) mass is 265 g/mol. The van der Waals surface area contributed by atoms with Crippen molar-refractivity contribution in [2.24, 2.45) is 5.92 Å². The molecule has 1 fully saturated rings. The molecule has 0 saturated carbocycles. The van der Waals surface area contributed by atoms with Gasteiger partial charge in [-0.25, -0.2) is 4.98 Å². The number of hydrogen-bond acceptors (Lipinski definition) is 3. The number of carbonyl (C=O) groups excluding carboxylic acids is 1. The van der Waals surface area contributed by atoms with E-state index in [1.54, 1.807) is 12.5 Å². The van der Waals surface area contributed by atoms with Crippen molar-refractivity contribution < 1.29 is 9.53 Å². The fraction of sp³-hybridized carbons (Fsp3) is 0.714. The smallest absolute Gasteiger partial charge is 0.220 e. The van der Waals surface area contributed by atoms with Crippen LogP contribution >= 0.6 is 0 Å². The molecular formula is C14H23N3O2. The zero-order chi connectivity index (χ0) is 13.5. The maximum absolute atomic E-state index is 11.9. The van der Waals surface area contributed by atoms with E-state index in [0.717, 1.165) is 39.0 Å². The Bertz CT molecular complexity index is 372. The van der Waals surface area contributed by atoms with Crippen LogP contribution in [0.1, 0.15) is 32.6 Å². The Morgan fingerprint density at radius 2 is 2.53 bits per heavy atom. The normalized spacial score (nSPS) is 20.4. The average molecular weight is 265 g/mol. The number of nitrogens with zero attached hydrogens (tertiary/aromatic N) is 2. The van der Waals surface area contributed by atoms with Gasteiger partial charge in [0.1, 0.15) is 0 Å². The van der Waals surface area contributed by atoms with Gasteiger partial charge < -0.3 is 14.6 Å². The summed E-state index contributed by atoms with van der Waals surface area (Å²) in [5.41, 5.74) is 0. The fourth-order valence-electron chi connectivity index (χ4n) is 2.54. The zero-order valence-electron chi connectivity index (χ0n) is 11.5. The van der Waals surface area contributed by atoms with Crippen molar-refractivity contribution in [1.82, 2.24) is 14.9 Å². The quantitative estimate of drug-likeness (QED) is 0.814. The van der Waals surface area contributed by atoms with E-state index >= 15 is 0 Å². The number of carbonyl (C=O) groups is 1. The van der Waals surface area contributed by atoms with E-state index in [2.05, 4.69) is 17.2 Å². The van der Waals surface area contributed by atoms with E-state index in [-0.39, 0.29) is 11.9 Å². The van der Waals surface area contributed by atoms with Gasteiger partial charge in [-0.1, -0.05) is 6.92 Å². The molecular weight excluding hydrogens is 242 g/mol. The fourth-order valence-corrected chi connectivity index (χ4v) is 2.54. The number of aromatic nitrogens is 2. The number of hydrogen-bond donors (Lipinski definition) is 1. The van der Waals surface area contributed by atoms with Crippen LogP contribution in [0, 0.1) is 5.92 Å². The van der Waals surface area contributed by atoms with Crippen LogP contribution in [0.4, 0.5) is 0 Å². The lowest BCUT2D eigenvalue weighted by atomic mass is 9.96. The Balaban J connectivity index is 1.67. The van der Waals surface area contributed by atoms with E-state index in [4.69, 9.17) is 4.74 Å². The molecule has 0 bridgehead atoms. The molecule has 0 aliphatic carbocycles. The molecule has 0 radical (unpaired) electrons. The molecule has 1 aliphatic heterocycles. The number of nitrogens with one attached hydrogen (secondary N) is 1. The van der Waals surface area contributed by atoms with E-state index in [1.165, 1.54) is 0 Å². The summed E-state index contributed by atoms with van der Waals surface area (Å²) in [6.45, 7) is 4.58. The summed E-state index contributed by atoms with van der Waals surface area (Å²) in [7, 11) is 0. The van der Waals surface area contributed by atoms with Crippen LogP contribution in [0.15, 0.2) is 18.7 Å². The summed E-state index contributed by atoms with van der Waals surface area (Å²) < 4.78 is 7.39. The highest BCUT2D eigenvalue weighted by Crippen LogP contribution is 2.18. The number of amides is 1. The molecule has 0 aromatic carbocycles. The summed E-state index contributed by atoms with van der Waals surface area (Å²) in [6, 6.07) is 0.267. The predicted octanol–water partition coefficient (Wildman–Crippen LogP) is 1.59. The minimum Gasteiger partial charge on any atom is -0.381 e. The lowest BCUT2D eigenvalue weighted by Crippen LogP contribution is -2.40. The summed E-state index contributed by atoms with van der Waals surface area (Å²) in [6.07, 6.45) is 8.91. The third kappa shape index (κ3) is 4.35. The lowest BCUT2D eigenvalue weighted by molar-refractivity contribution is -0.122.